The van der Waals surface area contributed by atoms with E-state index in [4.69, 9.17) is 11.1 Å². The van der Waals surface area contributed by atoms with Crippen LogP contribution in [0.4, 0.5) is 0 Å². The SMILES string of the molecule is CCNC(=O)[C@@H]1CCCN1C(=O)[C@H](CCCNC(=N)N)NC(=O)[C@H](CC(C)C)NC(=O)[C@@H](CC(C)C)NC(=O)[C@H](Cc1ccc(O)cc1)NC(=O)[C@H](CO)NC(=O)[C@H](Cc1c[nH]c2ccccc12)NC(=O)[C@H](Cc1cnc[nH]1)NC(=O)[C@@H]1CCC(=O)N1.O=C(CCBr)N1CCN(C(=O)CCBr)CC1. The minimum absolute atomic E-state index is 0.0380. The molecule has 3 aliphatic heterocycles. The largest absolute Gasteiger partial charge is 0.508 e. The molecule has 564 valence electrons. The number of guanidine groups is 1. The number of halogens is 2. The minimum Gasteiger partial charge on any atom is -0.508 e. The van der Waals surface area contributed by atoms with Crippen LogP contribution in [0.15, 0.2) is 67.3 Å². The van der Waals surface area contributed by atoms with Gasteiger partial charge in [0.1, 0.15) is 60.1 Å². The summed E-state index contributed by atoms with van der Waals surface area (Å²) in [6.45, 7) is 11.5. The Balaban J connectivity index is 0.000000916. The van der Waals surface area contributed by atoms with E-state index in [1.54, 1.807) is 45.2 Å². The van der Waals surface area contributed by atoms with Crippen molar-refractivity contribution >= 4 is 120 Å². The number of carbonyl (C=O) groups excluding carboxylic acids is 12. The molecule has 0 spiro atoms. The molecule has 5 heterocycles. The average Bonchev–Trinajstić information content (AvgIpc) is 1.74. The molecule has 17 N–H and O–H groups in total. The number of carbonyl (C=O) groups is 12. The molecule has 32 nitrogen and oxygen atoms in total. The number of nitrogens with two attached hydrogens (primary N) is 1. The average molecular weight is 1570 g/mol. The lowest BCUT2D eigenvalue weighted by molar-refractivity contribution is -0.142. The summed E-state index contributed by atoms with van der Waals surface area (Å²) in [5.41, 5.74) is 7.69. The van der Waals surface area contributed by atoms with E-state index >= 15 is 0 Å². The number of nitrogens with zero attached hydrogens (tertiary/aromatic N) is 4. The Morgan fingerprint density at radius 3 is 1.71 bits per heavy atom. The maximum absolute atomic E-state index is 14.7. The number of amides is 12. The van der Waals surface area contributed by atoms with Crippen molar-refractivity contribution in [2.24, 2.45) is 17.6 Å². The first-order chi connectivity index (χ1) is 49.2. The number of phenols is 1. The van der Waals surface area contributed by atoms with Gasteiger partial charge in [-0.15, -0.1) is 0 Å². The van der Waals surface area contributed by atoms with E-state index in [1.807, 2.05) is 29.7 Å². The van der Waals surface area contributed by atoms with Crippen LogP contribution in [0.5, 0.6) is 5.75 Å². The Kier molecular flexibility index (Phi) is 33.6. The number of aliphatic hydroxyl groups excluding tert-OH is 1. The molecule has 34 heteroatoms. The van der Waals surface area contributed by atoms with Crippen molar-refractivity contribution < 1.29 is 67.7 Å². The van der Waals surface area contributed by atoms with E-state index in [0.717, 1.165) is 5.52 Å². The number of aromatic hydroxyl groups is 1. The molecule has 9 atom stereocenters. The highest BCUT2D eigenvalue weighted by atomic mass is 79.9. The monoisotopic (exact) mass is 1560 g/mol. The van der Waals surface area contributed by atoms with E-state index < -0.39 is 108 Å². The van der Waals surface area contributed by atoms with Crippen LogP contribution in [-0.2, 0) is 76.8 Å². The number of likely N-dealkylation sites (N-methyl/N-ethyl adjacent to an activating group) is 1. The van der Waals surface area contributed by atoms with Gasteiger partial charge in [-0.3, -0.25) is 62.9 Å². The molecule has 0 aliphatic carbocycles. The fraction of sp³-hybridized carbons (Fsp3) is 0.565. The number of hydrogen-bond acceptors (Lipinski definition) is 16. The summed E-state index contributed by atoms with van der Waals surface area (Å²) in [6.07, 6.45) is 6.88. The number of aliphatic hydroxyl groups is 1. The van der Waals surface area contributed by atoms with Gasteiger partial charge >= 0.3 is 0 Å². The van der Waals surface area contributed by atoms with Gasteiger partial charge < -0.3 is 93.8 Å². The van der Waals surface area contributed by atoms with Crippen molar-refractivity contribution in [1.29, 1.82) is 5.41 Å². The van der Waals surface area contributed by atoms with Crippen LogP contribution in [0.25, 0.3) is 10.9 Å². The molecule has 103 heavy (non-hydrogen) atoms. The molecule has 2 aromatic heterocycles. The highest BCUT2D eigenvalue weighted by Gasteiger charge is 2.40. The fourth-order valence-corrected chi connectivity index (χ4v) is 12.9. The third-order valence-corrected chi connectivity index (χ3v) is 18.3. The van der Waals surface area contributed by atoms with Crippen LogP contribution in [0.3, 0.4) is 0 Å². The first-order valence-electron chi connectivity index (χ1n) is 34.9. The van der Waals surface area contributed by atoms with E-state index in [2.05, 4.69) is 100.0 Å². The second-order valence-corrected chi connectivity index (χ2v) is 28.0. The van der Waals surface area contributed by atoms with Crippen molar-refractivity contribution in [2.75, 3.05) is 63.1 Å². The predicted octanol–water partition coefficient (Wildman–Crippen LogP) is -0.00123. The van der Waals surface area contributed by atoms with Gasteiger partial charge in [0.15, 0.2) is 5.96 Å². The van der Waals surface area contributed by atoms with Gasteiger partial charge in [0.25, 0.3) is 0 Å². The maximum Gasteiger partial charge on any atom is 0.245 e. The second kappa shape index (κ2) is 41.8. The van der Waals surface area contributed by atoms with Crippen LogP contribution in [0.1, 0.15) is 116 Å². The van der Waals surface area contributed by atoms with Crippen molar-refractivity contribution in [3.05, 3.63) is 84.1 Å². The van der Waals surface area contributed by atoms with Gasteiger partial charge in [-0.1, -0.05) is 89.9 Å². The standard InChI is InChI=1S/C59H84N16O12.C10H16Br2N2O2/c1-6-63-57(86)48-14-10-22-75(48)58(87)41(13-9-21-64-59(60)61)68-51(80)42(23-32(2)3)69-52(81)43(24-33(4)5)70-53(82)44(25-34-15-17-37(77)18-16-34)71-56(85)47(30-76)74-54(83)45(26-35-28-65-39-12-8-7-11-38(35)39)72-55(84)46(27-36-29-62-31-66-36)73-50(79)40-19-20-49(78)67-40;11-3-1-9(15)13-5-7-14(8-6-13)10(16)2-4-12/h7-8,11-12,15-18,28-29,31-33,40-48,65,76-77H,6,9-10,13-14,19-27,30H2,1-5H3,(H,62,66)(H,63,86)(H,67,78)(H,68,80)(H,69,81)(H,70,82)(H,71,85)(H,72,84)(H,73,79)(H,74,83)(H4,60,61,64);1-8H2/t40-,41-,42-,43+,44-,45-,46-,47-,48-;/m0./s1. The van der Waals surface area contributed by atoms with Crippen LogP contribution >= 0.6 is 31.9 Å². The zero-order chi connectivity index (χ0) is 75.3. The van der Waals surface area contributed by atoms with Crippen molar-refractivity contribution in [1.82, 2.24) is 82.8 Å². The highest BCUT2D eigenvalue weighted by molar-refractivity contribution is 9.09. The van der Waals surface area contributed by atoms with Crippen LogP contribution in [-0.4, -0.2) is 234 Å². The van der Waals surface area contributed by atoms with Gasteiger partial charge in [0.2, 0.25) is 70.9 Å². The number of aromatic amines is 2. The Morgan fingerprint density at radius 2 is 1.18 bits per heavy atom. The van der Waals surface area contributed by atoms with Gasteiger partial charge in [-0.2, -0.15) is 0 Å². The molecule has 3 saturated heterocycles. The predicted molar refractivity (Wildman–Crippen MR) is 389 cm³/mol. The van der Waals surface area contributed by atoms with E-state index in [-0.39, 0.29) is 112 Å². The lowest BCUT2D eigenvalue weighted by atomic mass is 9.98. The van der Waals surface area contributed by atoms with Gasteiger partial charge in [0.05, 0.1) is 12.9 Å². The zero-order valence-corrected chi connectivity index (χ0v) is 62.1. The summed E-state index contributed by atoms with van der Waals surface area (Å²) < 4.78 is 0. The first kappa shape index (κ1) is 82.8. The van der Waals surface area contributed by atoms with Gasteiger partial charge in [-0.25, -0.2) is 4.98 Å². The molecular formula is C69H100Br2N18O14. The summed E-state index contributed by atoms with van der Waals surface area (Å²) >= 11 is 6.51. The molecule has 0 radical (unpaired) electrons. The lowest BCUT2D eigenvalue weighted by Gasteiger charge is -2.34. The normalized spacial score (nSPS) is 17.0. The van der Waals surface area contributed by atoms with Crippen LogP contribution in [0.2, 0.25) is 0 Å². The molecule has 3 fully saturated rings. The third-order valence-electron chi connectivity index (χ3n) is 17.6. The molecule has 7 rings (SSSR count). The van der Waals surface area contributed by atoms with E-state index in [0.29, 0.717) is 97.7 Å². The number of piperazine rings is 1. The van der Waals surface area contributed by atoms with Gasteiger partial charge in [0, 0.05) is 124 Å². The molecular weight excluding hydrogens is 1460 g/mol. The second-order valence-electron chi connectivity index (χ2n) is 26.5. The number of para-hydroxylation sites is 1. The van der Waals surface area contributed by atoms with Crippen molar-refractivity contribution in [2.45, 2.75) is 172 Å². The molecule has 0 saturated carbocycles. The number of nitrogens with one attached hydrogen (secondary N) is 13. The quantitative estimate of drug-likeness (QED) is 0.0123. The van der Waals surface area contributed by atoms with Crippen LogP contribution < -0.4 is 58.9 Å². The Labute approximate surface area is 615 Å². The molecule has 3 aliphatic rings. The maximum atomic E-state index is 14.7. The van der Waals surface area contributed by atoms with E-state index in [1.165, 1.54) is 41.7 Å². The summed E-state index contributed by atoms with van der Waals surface area (Å²) in [7, 11) is 0. The number of likely N-dealkylation sites (tertiary alicyclic amines) is 1. The Morgan fingerprint density at radius 1 is 0.650 bits per heavy atom. The van der Waals surface area contributed by atoms with Gasteiger partial charge in [-0.05, 0) is 93.0 Å². The number of imidazole rings is 1. The summed E-state index contributed by atoms with van der Waals surface area (Å²) in [5.74, 6) is -7.35. The number of alkyl halides is 2. The number of hydrogen-bond donors (Lipinski definition) is 16. The number of benzene rings is 2. The number of H-pyrrole nitrogens is 2. The number of aromatic nitrogens is 3. The third kappa shape index (κ3) is 26.2. The molecule has 2 aromatic carbocycles. The Hall–Kier alpha value is -9.18. The summed E-state index contributed by atoms with van der Waals surface area (Å²) in [4.78, 5) is 178. The Bertz CT molecular complexity index is 3510. The summed E-state index contributed by atoms with van der Waals surface area (Å²) in [6, 6.07) is 1.56. The molecule has 0 bridgehead atoms. The molecule has 0 unspecified atom stereocenters. The fourth-order valence-electron chi connectivity index (χ4n) is 12.2. The topological polar surface area (TPSA) is 470 Å². The van der Waals surface area contributed by atoms with Crippen LogP contribution in [0, 0.1) is 17.2 Å². The van der Waals surface area contributed by atoms with E-state index in [9.17, 15) is 67.7 Å². The lowest BCUT2D eigenvalue weighted by Crippen LogP contribution is -2.61. The number of fused-ring (bicyclic) bond motifs is 1. The summed E-state index contributed by atoms with van der Waals surface area (Å²) in [5, 5.41) is 57.5. The first-order valence-corrected chi connectivity index (χ1v) is 37.1. The minimum atomic E-state index is -1.75. The molecule has 12 amide bonds. The van der Waals surface area contributed by atoms with Crippen molar-refractivity contribution in [3.8, 4) is 5.75 Å². The number of rotatable bonds is 36. The smallest absolute Gasteiger partial charge is 0.245 e. The van der Waals surface area contributed by atoms with Crippen molar-refractivity contribution in [3.63, 3.8) is 0 Å². The number of phenolic OH excluding ortho intramolecular Hbond substituents is 1. The highest BCUT2D eigenvalue weighted by Crippen LogP contribution is 2.23. The molecule has 4 aromatic rings. The zero-order valence-electron chi connectivity index (χ0n) is 58.9.